The Morgan fingerprint density at radius 3 is 2.36 bits per heavy atom. The Hall–Kier alpha value is -3.39. The number of hydrogen-bond acceptors (Lipinski definition) is 5. The fraction of sp³-hybridized carbons (Fsp3) is 0.273. The number of carbonyl (C=O) groups excluding carboxylic acids is 1. The summed E-state index contributed by atoms with van der Waals surface area (Å²) < 4.78 is 71.1. The van der Waals surface area contributed by atoms with Gasteiger partial charge in [0.1, 0.15) is 22.0 Å². The number of halogens is 5. The number of carbonyl (C=O) groups is 1. The summed E-state index contributed by atoms with van der Waals surface area (Å²) in [6.45, 7) is 1.70. The predicted octanol–water partition coefficient (Wildman–Crippen LogP) is 3.64. The number of benzene rings is 1. The molecule has 0 unspecified atom stereocenters. The van der Waals surface area contributed by atoms with Gasteiger partial charge in [-0.05, 0) is 24.6 Å². The Kier molecular flexibility index (Phi) is 6.37. The van der Waals surface area contributed by atoms with E-state index in [1.54, 1.807) is 6.92 Å². The van der Waals surface area contributed by atoms with E-state index < -0.39 is 46.1 Å². The van der Waals surface area contributed by atoms with Gasteiger partial charge in [-0.2, -0.15) is 18.2 Å². The average Bonchev–Trinajstić information content (AvgIpc) is 3.30. The topological polar surface area (TPSA) is 78.4 Å². The third-order valence-electron chi connectivity index (χ3n) is 5.71. The van der Waals surface area contributed by atoms with E-state index in [0.29, 0.717) is 21.3 Å². The molecule has 0 bridgehead atoms. The molecule has 0 spiro atoms. The summed E-state index contributed by atoms with van der Waals surface area (Å²) in [7, 11) is 4.23. The molecule has 0 saturated heterocycles. The van der Waals surface area contributed by atoms with Crippen molar-refractivity contribution in [2.24, 2.45) is 26.1 Å². The van der Waals surface area contributed by atoms with Crippen LogP contribution in [0.25, 0.3) is 21.5 Å². The Balaban J connectivity index is 1.76. The summed E-state index contributed by atoms with van der Waals surface area (Å²) in [5, 5.41) is 1.54. The van der Waals surface area contributed by atoms with Gasteiger partial charge in [-0.25, -0.2) is 13.6 Å². The molecular weight excluding hydrogens is 527 g/mol. The molecule has 0 atom stereocenters. The zero-order valence-electron chi connectivity index (χ0n) is 19.2. The van der Waals surface area contributed by atoms with Crippen molar-refractivity contribution in [3.8, 4) is 11.3 Å². The van der Waals surface area contributed by atoms with Gasteiger partial charge in [0.05, 0.1) is 17.5 Å². The number of aromatic nitrogens is 3. The number of amides is 1. The molecule has 4 aromatic rings. The van der Waals surface area contributed by atoms with Crippen molar-refractivity contribution in [1.29, 1.82) is 0 Å². The third-order valence-corrected chi connectivity index (χ3v) is 7.85. The molecule has 3 heterocycles. The van der Waals surface area contributed by atoms with Crippen LogP contribution in [0.2, 0.25) is 0 Å². The van der Waals surface area contributed by atoms with Gasteiger partial charge in [0.15, 0.2) is 4.80 Å². The SMILES string of the molecule is Cc1sc2c(c1CC(=O)N=c1scc(-c3ccc(F)c(C(F)(F)F)c3F)n1C)c(=O)n(C)c(=O)n2C. The highest BCUT2D eigenvalue weighted by Crippen LogP contribution is 2.37. The summed E-state index contributed by atoms with van der Waals surface area (Å²) in [5.74, 6) is -4.16. The van der Waals surface area contributed by atoms with Crippen molar-refractivity contribution in [2.45, 2.75) is 19.5 Å². The van der Waals surface area contributed by atoms with Gasteiger partial charge in [0, 0.05) is 37.0 Å². The normalized spacial score (nSPS) is 12.6. The molecule has 3 aromatic heterocycles. The lowest BCUT2D eigenvalue weighted by Gasteiger charge is -2.12. The minimum atomic E-state index is -5.23. The predicted molar refractivity (Wildman–Crippen MR) is 125 cm³/mol. The molecule has 0 fully saturated rings. The Morgan fingerprint density at radius 1 is 1.06 bits per heavy atom. The highest BCUT2D eigenvalue weighted by atomic mass is 32.1. The quantitative estimate of drug-likeness (QED) is 0.370. The molecule has 0 aliphatic carbocycles. The largest absolute Gasteiger partial charge is 0.422 e. The number of rotatable bonds is 3. The van der Waals surface area contributed by atoms with Crippen LogP contribution in [0.5, 0.6) is 0 Å². The molecule has 190 valence electrons. The van der Waals surface area contributed by atoms with E-state index in [9.17, 15) is 36.3 Å². The van der Waals surface area contributed by atoms with Crippen LogP contribution in [-0.2, 0) is 38.5 Å². The monoisotopic (exact) mass is 544 g/mol. The van der Waals surface area contributed by atoms with Gasteiger partial charge in [-0.3, -0.25) is 18.7 Å². The van der Waals surface area contributed by atoms with Crippen LogP contribution in [0.15, 0.2) is 32.1 Å². The van der Waals surface area contributed by atoms with Crippen molar-refractivity contribution >= 4 is 38.8 Å². The first-order valence-corrected chi connectivity index (χ1v) is 11.9. The second kappa shape index (κ2) is 8.92. The van der Waals surface area contributed by atoms with Gasteiger partial charge in [0.2, 0.25) is 0 Å². The highest BCUT2D eigenvalue weighted by molar-refractivity contribution is 7.18. The molecule has 36 heavy (non-hydrogen) atoms. The Morgan fingerprint density at radius 2 is 1.72 bits per heavy atom. The van der Waals surface area contributed by atoms with E-state index in [0.717, 1.165) is 22.0 Å². The fourth-order valence-corrected chi connectivity index (χ4v) is 5.85. The second-order valence-electron chi connectivity index (χ2n) is 7.95. The lowest BCUT2D eigenvalue weighted by Crippen LogP contribution is -2.36. The van der Waals surface area contributed by atoms with Gasteiger partial charge >= 0.3 is 11.9 Å². The van der Waals surface area contributed by atoms with Crippen LogP contribution in [-0.4, -0.2) is 19.6 Å². The molecule has 4 rings (SSSR count). The van der Waals surface area contributed by atoms with Crippen LogP contribution in [0, 0.1) is 18.6 Å². The summed E-state index contributed by atoms with van der Waals surface area (Å²) >= 11 is 2.07. The summed E-state index contributed by atoms with van der Waals surface area (Å²) in [6.07, 6.45) is -5.50. The van der Waals surface area contributed by atoms with Crippen molar-refractivity contribution in [3.05, 3.63) is 70.8 Å². The molecule has 1 aromatic carbocycles. The maximum Gasteiger partial charge on any atom is 0.422 e. The zero-order valence-corrected chi connectivity index (χ0v) is 20.8. The molecular formula is C22H17F5N4O3S2. The van der Waals surface area contributed by atoms with Crippen molar-refractivity contribution in [1.82, 2.24) is 13.7 Å². The highest BCUT2D eigenvalue weighted by Gasteiger charge is 2.39. The first-order chi connectivity index (χ1) is 16.7. The molecule has 14 heteroatoms. The van der Waals surface area contributed by atoms with Gasteiger partial charge in [-0.15, -0.1) is 22.7 Å². The molecule has 1 amide bonds. The summed E-state index contributed by atoms with van der Waals surface area (Å²) in [5.41, 5.74) is -3.17. The number of alkyl halides is 3. The van der Waals surface area contributed by atoms with E-state index in [1.807, 2.05) is 0 Å². The van der Waals surface area contributed by atoms with Gasteiger partial charge in [-0.1, -0.05) is 0 Å². The molecule has 0 aliphatic rings. The number of fused-ring (bicyclic) bond motifs is 1. The molecule has 0 saturated carbocycles. The maximum absolute atomic E-state index is 14.6. The molecule has 0 radical (unpaired) electrons. The number of hydrogen-bond donors (Lipinski definition) is 0. The van der Waals surface area contributed by atoms with Crippen LogP contribution in [0.4, 0.5) is 22.0 Å². The van der Waals surface area contributed by atoms with E-state index in [-0.39, 0.29) is 22.3 Å². The van der Waals surface area contributed by atoms with Crippen molar-refractivity contribution in [3.63, 3.8) is 0 Å². The number of nitrogens with zero attached hydrogens (tertiary/aromatic N) is 4. The minimum absolute atomic E-state index is 0.0319. The van der Waals surface area contributed by atoms with Crippen LogP contribution < -0.4 is 16.1 Å². The smallest absolute Gasteiger partial charge is 0.319 e. The summed E-state index contributed by atoms with van der Waals surface area (Å²) in [4.78, 5) is 42.8. The van der Waals surface area contributed by atoms with E-state index in [1.165, 1.54) is 47.0 Å². The number of aryl methyl sites for hydroxylation is 2. The third kappa shape index (κ3) is 4.13. The Bertz CT molecular complexity index is 1740. The maximum atomic E-state index is 14.6. The lowest BCUT2D eigenvalue weighted by molar-refractivity contribution is -0.142. The van der Waals surface area contributed by atoms with Gasteiger partial charge < -0.3 is 4.57 Å². The summed E-state index contributed by atoms with van der Waals surface area (Å²) in [6, 6.07) is 1.41. The Labute approximate surface area is 207 Å². The standard InChI is InChI=1S/C22H17F5N4O3S2/c1-9-11(15-18(33)30(3)21(34)31(4)19(15)36-9)7-14(32)28-20-29(2)13(8-35-20)10-5-6-12(23)16(17(10)24)22(25,26)27/h5-6,8H,7H2,1-4H3. The van der Waals surface area contributed by atoms with E-state index >= 15 is 0 Å². The molecule has 0 N–H and O–H groups in total. The van der Waals surface area contributed by atoms with Crippen LogP contribution in [0.1, 0.15) is 16.0 Å². The fourth-order valence-electron chi connectivity index (χ4n) is 3.82. The van der Waals surface area contributed by atoms with Crippen LogP contribution >= 0.6 is 22.7 Å². The first-order valence-electron chi connectivity index (χ1n) is 10.2. The van der Waals surface area contributed by atoms with Crippen molar-refractivity contribution in [2.75, 3.05) is 0 Å². The zero-order chi connectivity index (χ0) is 26.7. The molecule has 7 nitrogen and oxygen atoms in total. The molecule has 0 aliphatic heterocycles. The number of thiophene rings is 1. The van der Waals surface area contributed by atoms with E-state index in [4.69, 9.17) is 0 Å². The van der Waals surface area contributed by atoms with Gasteiger partial charge in [0.25, 0.3) is 11.5 Å². The lowest BCUT2D eigenvalue weighted by atomic mass is 10.1. The van der Waals surface area contributed by atoms with E-state index in [2.05, 4.69) is 4.99 Å². The minimum Gasteiger partial charge on any atom is -0.319 e. The second-order valence-corrected chi connectivity index (χ2v) is 9.99. The van der Waals surface area contributed by atoms with Crippen LogP contribution in [0.3, 0.4) is 0 Å². The first kappa shape index (κ1) is 25.7. The average molecular weight is 545 g/mol. The number of thiazole rings is 1. The van der Waals surface area contributed by atoms with Crippen molar-refractivity contribution < 1.29 is 26.7 Å².